The Bertz CT molecular complexity index is 110. The highest BCUT2D eigenvalue weighted by molar-refractivity contribution is 5.09. The van der Waals surface area contributed by atoms with Gasteiger partial charge in [-0.05, 0) is 13.0 Å². The number of aliphatic hydroxyl groups excluding tert-OH is 1. The molecule has 9 heavy (non-hydrogen) atoms. The summed E-state index contributed by atoms with van der Waals surface area (Å²) in [6, 6.07) is 0. The van der Waals surface area contributed by atoms with Crippen LogP contribution in [0.5, 0.6) is 0 Å². The van der Waals surface area contributed by atoms with Crippen LogP contribution in [-0.4, -0.2) is 18.8 Å². The van der Waals surface area contributed by atoms with Crippen molar-refractivity contribution in [2.45, 2.75) is 6.92 Å². The van der Waals surface area contributed by atoms with Gasteiger partial charge in [-0.3, -0.25) is 0 Å². The quantitative estimate of drug-likeness (QED) is 0.546. The molecular weight excluding hydrogens is 114 g/mol. The first kappa shape index (κ1) is 8.24. The highest BCUT2D eigenvalue weighted by atomic mass is 16.3. The molecule has 0 aliphatic heterocycles. The van der Waals surface area contributed by atoms with Crippen molar-refractivity contribution in [2.24, 2.45) is 0 Å². The molecule has 2 heteroatoms. The molecule has 0 aliphatic rings. The molecule has 0 aliphatic carbocycles. The molecule has 0 amide bonds. The number of hydrogen-bond acceptors (Lipinski definition) is 2. The zero-order valence-electron chi connectivity index (χ0n) is 5.89. The van der Waals surface area contributed by atoms with E-state index in [1.54, 1.807) is 7.05 Å². The maximum absolute atomic E-state index is 8.59. The molecule has 0 spiro atoms. The molecule has 0 aromatic heterocycles. The first-order valence-electron chi connectivity index (χ1n) is 2.95. The first-order chi connectivity index (χ1) is 4.35. The number of aliphatic hydroxyl groups is 1. The van der Waals surface area contributed by atoms with Crippen LogP contribution in [0.25, 0.3) is 0 Å². The summed E-state index contributed by atoms with van der Waals surface area (Å²) in [5, 5.41) is 11.4. The number of nitrogens with one attached hydrogen (secondary N) is 1. The van der Waals surface area contributed by atoms with Crippen LogP contribution in [0.2, 0.25) is 0 Å². The largest absolute Gasteiger partial charge is 0.390 e. The van der Waals surface area contributed by atoms with Crippen molar-refractivity contribution in [2.75, 3.05) is 13.7 Å². The second-order valence-corrected chi connectivity index (χ2v) is 1.63. The van der Waals surface area contributed by atoms with Crippen molar-refractivity contribution in [3.05, 3.63) is 23.9 Å². The second-order valence-electron chi connectivity index (χ2n) is 1.63. The van der Waals surface area contributed by atoms with E-state index in [4.69, 9.17) is 5.11 Å². The van der Waals surface area contributed by atoms with E-state index in [1.807, 2.05) is 25.2 Å². The lowest BCUT2D eigenvalue weighted by molar-refractivity contribution is 0.324. The van der Waals surface area contributed by atoms with E-state index in [2.05, 4.69) is 5.32 Å². The molecule has 0 saturated carbocycles. The van der Waals surface area contributed by atoms with Gasteiger partial charge in [0.05, 0.1) is 6.61 Å². The first-order valence-corrected chi connectivity index (χ1v) is 2.95. The smallest absolute Gasteiger partial charge is 0.0827 e. The van der Waals surface area contributed by atoms with Crippen LogP contribution in [0.3, 0.4) is 0 Å². The fraction of sp³-hybridized carbons (Fsp3) is 0.429. The second kappa shape index (κ2) is 5.38. The van der Waals surface area contributed by atoms with Crippen LogP contribution in [-0.2, 0) is 0 Å². The van der Waals surface area contributed by atoms with Gasteiger partial charge in [0.2, 0.25) is 0 Å². The van der Waals surface area contributed by atoms with Crippen molar-refractivity contribution >= 4 is 0 Å². The summed E-state index contributed by atoms with van der Waals surface area (Å²) in [5.41, 5.74) is 0.827. The lowest BCUT2D eigenvalue weighted by Crippen LogP contribution is -2.08. The van der Waals surface area contributed by atoms with Gasteiger partial charge in [0.25, 0.3) is 0 Å². The molecule has 0 bridgehead atoms. The van der Waals surface area contributed by atoms with Crippen LogP contribution in [0, 0.1) is 0 Å². The topological polar surface area (TPSA) is 32.3 Å². The van der Waals surface area contributed by atoms with Crippen molar-refractivity contribution in [1.82, 2.24) is 5.32 Å². The van der Waals surface area contributed by atoms with E-state index >= 15 is 0 Å². The number of likely N-dealkylation sites (N-methyl/N-ethyl adjacent to an activating group) is 1. The fourth-order valence-corrected chi connectivity index (χ4v) is 0.427. The minimum atomic E-state index is 0.0703. The summed E-state index contributed by atoms with van der Waals surface area (Å²) in [4.78, 5) is 0. The van der Waals surface area contributed by atoms with E-state index in [0.29, 0.717) is 0 Å². The summed E-state index contributed by atoms with van der Waals surface area (Å²) < 4.78 is 0. The van der Waals surface area contributed by atoms with Crippen LogP contribution >= 0.6 is 0 Å². The number of rotatable bonds is 3. The van der Waals surface area contributed by atoms with Gasteiger partial charge in [0.15, 0.2) is 0 Å². The molecule has 0 unspecified atom stereocenters. The Kier molecular flexibility index (Phi) is 4.92. The summed E-state index contributed by atoms with van der Waals surface area (Å²) in [5.74, 6) is 0. The molecule has 0 fully saturated rings. The maximum Gasteiger partial charge on any atom is 0.0827 e. The lowest BCUT2D eigenvalue weighted by Gasteiger charge is -1.98. The SMILES string of the molecule is C/C=C\C=C(\CO)NC. The van der Waals surface area contributed by atoms with E-state index in [9.17, 15) is 0 Å². The Morgan fingerprint density at radius 3 is 2.67 bits per heavy atom. The lowest BCUT2D eigenvalue weighted by atomic mass is 10.4. The summed E-state index contributed by atoms with van der Waals surface area (Å²) >= 11 is 0. The van der Waals surface area contributed by atoms with Crippen LogP contribution in [0.15, 0.2) is 23.9 Å². The van der Waals surface area contributed by atoms with Gasteiger partial charge in [0, 0.05) is 12.7 Å². The maximum atomic E-state index is 8.59. The normalized spacial score (nSPS) is 12.6. The molecule has 2 nitrogen and oxygen atoms in total. The Morgan fingerprint density at radius 2 is 2.33 bits per heavy atom. The van der Waals surface area contributed by atoms with Gasteiger partial charge in [-0.1, -0.05) is 12.2 Å². The van der Waals surface area contributed by atoms with Crippen molar-refractivity contribution < 1.29 is 5.11 Å². The Balaban J connectivity index is 3.75. The van der Waals surface area contributed by atoms with Crippen LogP contribution in [0.1, 0.15) is 6.92 Å². The predicted octanol–water partition coefficient (Wildman–Crippen LogP) is 0.658. The van der Waals surface area contributed by atoms with Gasteiger partial charge in [0.1, 0.15) is 0 Å². The average molecular weight is 127 g/mol. The van der Waals surface area contributed by atoms with Crippen molar-refractivity contribution in [1.29, 1.82) is 0 Å². The summed E-state index contributed by atoms with van der Waals surface area (Å²) in [6.07, 6.45) is 5.62. The molecule has 0 saturated heterocycles. The molecule has 0 heterocycles. The third kappa shape index (κ3) is 3.79. The van der Waals surface area contributed by atoms with Gasteiger partial charge in [-0.25, -0.2) is 0 Å². The highest BCUT2D eigenvalue weighted by Crippen LogP contribution is 1.85. The molecule has 2 N–H and O–H groups in total. The summed E-state index contributed by atoms with van der Waals surface area (Å²) in [6.45, 7) is 2.00. The molecule has 0 aromatic rings. The Hall–Kier alpha value is -0.760. The van der Waals surface area contributed by atoms with Crippen molar-refractivity contribution in [3.63, 3.8) is 0 Å². The van der Waals surface area contributed by atoms with Gasteiger partial charge in [-0.2, -0.15) is 0 Å². The van der Waals surface area contributed by atoms with E-state index < -0.39 is 0 Å². The molecule has 0 aromatic carbocycles. The third-order valence-corrected chi connectivity index (χ3v) is 0.981. The van der Waals surface area contributed by atoms with Gasteiger partial charge in [-0.15, -0.1) is 0 Å². The molecular formula is C7H13NO. The molecule has 0 rings (SSSR count). The Labute approximate surface area is 55.9 Å². The third-order valence-electron chi connectivity index (χ3n) is 0.981. The minimum Gasteiger partial charge on any atom is -0.390 e. The Morgan fingerprint density at radius 1 is 1.67 bits per heavy atom. The molecule has 52 valence electrons. The molecule has 0 atom stereocenters. The highest BCUT2D eigenvalue weighted by Gasteiger charge is 1.83. The fourth-order valence-electron chi connectivity index (χ4n) is 0.427. The standard InChI is InChI=1S/C7H13NO/c1-3-4-5-7(6-9)8-2/h3-5,8-9H,6H2,1-2H3/b4-3-,7-5-. The number of hydrogen-bond donors (Lipinski definition) is 2. The van der Waals surface area contributed by atoms with E-state index in [1.165, 1.54) is 0 Å². The zero-order valence-corrected chi connectivity index (χ0v) is 5.89. The van der Waals surface area contributed by atoms with Gasteiger partial charge >= 0.3 is 0 Å². The average Bonchev–Trinajstić information content (AvgIpc) is 1.91. The number of allylic oxidation sites excluding steroid dienone is 3. The molecule has 0 radical (unpaired) electrons. The van der Waals surface area contributed by atoms with Crippen LogP contribution < -0.4 is 5.32 Å². The van der Waals surface area contributed by atoms with Crippen molar-refractivity contribution in [3.8, 4) is 0 Å². The zero-order chi connectivity index (χ0) is 7.11. The van der Waals surface area contributed by atoms with E-state index in [-0.39, 0.29) is 6.61 Å². The predicted molar refractivity (Wildman–Crippen MR) is 39.0 cm³/mol. The monoisotopic (exact) mass is 127 g/mol. The van der Waals surface area contributed by atoms with E-state index in [0.717, 1.165) is 5.70 Å². The van der Waals surface area contributed by atoms with Gasteiger partial charge < -0.3 is 10.4 Å². The summed E-state index contributed by atoms with van der Waals surface area (Å²) in [7, 11) is 1.78. The van der Waals surface area contributed by atoms with Crippen LogP contribution in [0.4, 0.5) is 0 Å². The minimum absolute atomic E-state index is 0.0703.